The van der Waals surface area contributed by atoms with E-state index in [2.05, 4.69) is 16.7 Å². The van der Waals surface area contributed by atoms with Crippen LogP contribution in [0.15, 0.2) is 53.5 Å². The minimum absolute atomic E-state index is 0.132. The third-order valence-electron chi connectivity index (χ3n) is 5.39. The summed E-state index contributed by atoms with van der Waals surface area (Å²) in [6.45, 7) is 1.72. The van der Waals surface area contributed by atoms with E-state index in [4.69, 9.17) is 16.3 Å². The normalized spacial score (nSPS) is 11.3. The minimum atomic E-state index is -0.943. The molecule has 0 bridgehead atoms. The van der Waals surface area contributed by atoms with Gasteiger partial charge in [-0.25, -0.2) is 4.39 Å². The molecule has 0 aliphatic carbocycles. The van der Waals surface area contributed by atoms with Gasteiger partial charge in [-0.05, 0) is 42.8 Å². The van der Waals surface area contributed by atoms with E-state index in [1.165, 1.54) is 43.1 Å². The standard InChI is InChI=1S/C25H22ClFN4O4/c1-4-21(25(34)30-16-7-8-17(20(27)10-16)24(33)29-2)31-13-22(35-3)19(11-23(31)32)18-9-15(26)6-5-14(18)12-28/h5-11,13,21H,4H2,1-3H3,(H,29,33)(H,30,34). The van der Waals surface area contributed by atoms with Crippen molar-refractivity contribution in [3.8, 4) is 22.9 Å². The topological polar surface area (TPSA) is 113 Å². The first-order valence-corrected chi connectivity index (χ1v) is 10.9. The summed E-state index contributed by atoms with van der Waals surface area (Å²) >= 11 is 6.09. The molecule has 8 nitrogen and oxygen atoms in total. The number of hydrogen-bond donors (Lipinski definition) is 2. The summed E-state index contributed by atoms with van der Waals surface area (Å²) in [5, 5.41) is 14.8. The average molecular weight is 497 g/mol. The van der Waals surface area contributed by atoms with Gasteiger partial charge in [0.1, 0.15) is 17.6 Å². The Morgan fingerprint density at radius 1 is 1.20 bits per heavy atom. The van der Waals surface area contributed by atoms with Crippen molar-refractivity contribution in [2.45, 2.75) is 19.4 Å². The maximum Gasteiger partial charge on any atom is 0.253 e. The highest BCUT2D eigenvalue weighted by Crippen LogP contribution is 2.33. The average Bonchev–Trinajstić information content (AvgIpc) is 2.84. The van der Waals surface area contributed by atoms with Crippen LogP contribution in [0.5, 0.6) is 5.75 Å². The molecule has 2 N–H and O–H groups in total. The van der Waals surface area contributed by atoms with Gasteiger partial charge >= 0.3 is 0 Å². The highest BCUT2D eigenvalue weighted by molar-refractivity contribution is 6.31. The lowest BCUT2D eigenvalue weighted by molar-refractivity contribution is -0.119. The Morgan fingerprint density at radius 3 is 2.54 bits per heavy atom. The Labute approximate surface area is 205 Å². The minimum Gasteiger partial charge on any atom is -0.495 e. The predicted molar refractivity (Wildman–Crippen MR) is 130 cm³/mol. The van der Waals surface area contributed by atoms with Crippen LogP contribution in [0.2, 0.25) is 5.02 Å². The molecule has 0 radical (unpaired) electrons. The molecule has 0 aliphatic rings. The summed E-state index contributed by atoms with van der Waals surface area (Å²) in [5.74, 6) is -1.69. The van der Waals surface area contributed by atoms with E-state index in [9.17, 15) is 24.0 Å². The van der Waals surface area contributed by atoms with Crippen LogP contribution in [0.4, 0.5) is 10.1 Å². The lowest BCUT2D eigenvalue weighted by atomic mass is 10.00. The van der Waals surface area contributed by atoms with Crippen LogP contribution in [-0.2, 0) is 4.79 Å². The zero-order chi connectivity index (χ0) is 25.7. The lowest BCUT2D eigenvalue weighted by Crippen LogP contribution is -2.32. The quantitative estimate of drug-likeness (QED) is 0.510. The highest BCUT2D eigenvalue weighted by atomic mass is 35.5. The number of anilines is 1. The van der Waals surface area contributed by atoms with Crippen molar-refractivity contribution in [2.24, 2.45) is 0 Å². The fraction of sp³-hybridized carbons (Fsp3) is 0.200. The van der Waals surface area contributed by atoms with Crippen LogP contribution in [0.1, 0.15) is 35.3 Å². The number of nitrogens with one attached hydrogen (secondary N) is 2. The molecule has 1 atom stereocenters. The van der Waals surface area contributed by atoms with E-state index in [1.807, 2.05) is 0 Å². The second-order valence-corrected chi connectivity index (χ2v) is 7.93. The number of pyridine rings is 1. The van der Waals surface area contributed by atoms with Crippen LogP contribution in [0, 0.1) is 17.1 Å². The van der Waals surface area contributed by atoms with Gasteiger partial charge in [-0.1, -0.05) is 18.5 Å². The number of amides is 2. The van der Waals surface area contributed by atoms with Crippen molar-refractivity contribution in [1.29, 1.82) is 5.26 Å². The third-order valence-corrected chi connectivity index (χ3v) is 5.62. The van der Waals surface area contributed by atoms with Crippen LogP contribution >= 0.6 is 11.6 Å². The second-order valence-electron chi connectivity index (χ2n) is 7.49. The molecule has 0 saturated carbocycles. The lowest BCUT2D eigenvalue weighted by Gasteiger charge is -2.20. The summed E-state index contributed by atoms with van der Waals surface area (Å²) in [6, 6.07) is 10.7. The summed E-state index contributed by atoms with van der Waals surface area (Å²) in [7, 11) is 2.79. The highest BCUT2D eigenvalue weighted by Gasteiger charge is 2.23. The number of carbonyl (C=O) groups is 2. The molecule has 1 unspecified atom stereocenters. The Hall–Kier alpha value is -4.16. The molecule has 35 heavy (non-hydrogen) atoms. The van der Waals surface area contributed by atoms with Crippen LogP contribution in [0.25, 0.3) is 11.1 Å². The monoisotopic (exact) mass is 496 g/mol. The SMILES string of the molecule is CCC(C(=O)Nc1ccc(C(=O)NC)c(F)c1)n1cc(OC)c(-c2cc(Cl)ccc2C#N)cc1=O. The van der Waals surface area contributed by atoms with Crippen molar-refractivity contribution >= 4 is 29.1 Å². The Morgan fingerprint density at radius 2 is 1.94 bits per heavy atom. The number of hydrogen-bond acceptors (Lipinski definition) is 5. The van der Waals surface area contributed by atoms with Gasteiger partial charge in [-0.2, -0.15) is 5.26 Å². The smallest absolute Gasteiger partial charge is 0.253 e. The first-order chi connectivity index (χ1) is 16.7. The molecule has 0 spiro atoms. The molecular formula is C25H22ClFN4O4. The Balaban J connectivity index is 1.98. The molecular weight excluding hydrogens is 475 g/mol. The number of methoxy groups -OCH3 is 1. The third kappa shape index (κ3) is 5.34. The maximum atomic E-state index is 14.3. The molecule has 3 rings (SSSR count). The number of rotatable bonds is 7. The summed E-state index contributed by atoms with van der Waals surface area (Å²) < 4.78 is 21.0. The van der Waals surface area contributed by atoms with Crippen molar-refractivity contribution < 1.29 is 18.7 Å². The van der Waals surface area contributed by atoms with Gasteiger partial charge in [0, 0.05) is 35.0 Å². The molecule has 2 aromatic carbocycles. The number of aromatic nitrogens is 1. The molecule has 0 aliphatic heterocycles. The zero-order valence-electron chi connectivity index (χ0n) is 19.2. The predicted octanol–water partition coefficient (Wildman–Crippen LogP) is 4.14. The Kier molecular flexibility index (Phi) is 7.89. The van der Waals surface area contributed by atoms with Crippen molar-refractivity contribution in [3.05, 3.63) is 81.0 Å². The molecule has 10 heteroatoms. The number of nitriles is 1. The van der Waals surface area contributed by atoms with Gasteiger partial charge in [0.2, 0.25) is 5.91 Å². The summed E-state index contributed by atoms with van der Waals surface area (Å²) in [5.41, 5.74) is 0.546. The zero-order valence-corrected chi connectivity index (χ0v) is 19.9. The summed E-state index contributed by atoms with van der Waals surface area (Å²) in [6.07, 6.45) is 1.64. The number of halogens is 2. The van der Waals surface area contributed by atoms with Gasteiger partial charge in [0.25, 0.3) is 11.5 Å². The number of ether oxygens (including phenoxy) is 1. The van der Waals surface area contributed by atoms with E-state index in [0.717, 1.165) is 6.07 Å². The fourth-order valence-electron chi connectivity index (χ4n) is 3.63. The van der Waals surface area contributed by atoms with Crippen molar-refractivity contribution in [1.82, 2.24) is 9.88 Å². The molecule has 0 saturated heterocycles. The van der Waals surface area contributed by atoms with E-state index >= 15 is 0 Å². The number of nitrogens with zero attached hydrogens (tertiary/aromatic N) is 2. The first-order valence-electron chi connectivity index (χ1n) is 10.6. The molecule has 1 heterocycles. The van der Waals surface area contributed by atoms with Gasteiger partial charge in [-0.3, -0.25) is 19.0 Å². The molecule has 0 fully saturated rings. The first kappa shape index (κ1) is 25.5. The van der Waals surface area contributed by atoms with Gasteiger partial charge in [-0.15, -0.1) is 0 Å². The molecule has 2 amide bonds. The molecule has 180 valence electrons. The van der Waals surface area contributed by atoms with E-state index in [-0.39, 0.29) is 23.4 Å². The van der Waals surface area contributed by atoms with Crippen LogP contribution < -0.4 is 20.9 Å². The largest absolute Gasteiger partial charge is 0.495 e. The van der Waals surface area contributed by atoms with Crippen LogP contribution in [0.3, 0.4) is 0 Å². The maximum absolute atomic E-state index is 14.3. The molecule has 3 aromatic rings. The van der Waals surface area contributed by atoms with E-state index < -0.39 is 29.2 Å². The van der Waals surface area contributed by atoms with Gasteiger partial charge in [0.15, 0.2) is 0 Å². The summed E-state index contributed by atoms with van der Waals surface area (Å²) in [4.78, 5) is 37.7. The van der Waals surface area contributed by atoms with Crippen LogP contribution in [-0.4, -0.2) is 30.5 Å². The van der Waals surface area contributed by atoms with E-state index in [0.29, 0.717) is 21.7 Å². The number of carbonyl (C=O) groups excluding carboxylic acids is 2. The fourth-order valence-corrected chi connectivity index (χ4v) is 3.80. The second kappa shape index (κ2) is 10.8. The van der Waals surface area contributed by atoms with Crippen molar-refractivity contribution in [3.63, 3.8) is 0 Å². The Bertz CT molecular complexity index is 1400. The van der Waals surface area contributed by atoms with Gasteiger partial charge in [0.05, 0.1) is 30.5 Å². The molecule has 1 aromatic heterocycles. The number of benzene rings is 2. The van der Waals surface area contributed by atoms with Crippen molar-refractivity contribution in [2.75, 3.05) is 19.5 Å². The van der Waals surface area contributed by atoms with E-state index in [1.54, 1.807) is 25.1 Å². The van der Waals surface area contributed by atoms with Gasteiger partial charge < -0.3 is 15.4 Å².